The Balaban J connectivity index is 1.46. The molecule has 6 heteroatoms. The Kier molecular flexibility index (Phi) is 5.95. The Bertz CT molecular complexity index is 1090. The summed E-state index contributed by atoms with van der Waals surface area (Å²) in [6.45, 7) is 5.73. The molecule has 4 aromatic rings. The molecule has 0 aliphatic heterocycles. The molecule has 2 aromatic heterocycles. The largest absolute Gasteiger partial charge is 0.496 e. The third-order valence-corrected chi connectivity index (χ3v) is 5.36. The van der Waals surface area contributed by atoms with Crippen LogP contribution in [0.3, 0.4) is 0 Å². The highest BCUT2D eigenvalue weighted by atomic mass is 16.5. The van der Waals surface area contributed by atoms with E-state index in [2.05, 4.69) is 53.6 Å². The van der Waals surface area contributed by atoms with E-state index in [-0.39, 0.29) is 6.04 Å². The molecule has 0 amide bonds. The molecule has 1 N–H and O–H groups in total. The number of nitrogens with one attached hydrogen (secondary N) is 1. The van der Waals surface area contributed by atoms with Crippen LogP contribution in [0.25, 0.3) is 5.69 Å². The van der Waals surface area contributed by atoms with E-state index in [0.29, 0.717) is 6.54 Å². The maximum absolute atomic E-state index is 5.53. The zero-order valence-corrected chi connectivity index (χ0v) is 17.6. The fraction of sp³-hybridized carbons (Fsp3) is 0.250. The third-order valence-electron chi connectivity index (χ3n) is 5.36. The molecule has 0 spiro atoms. The molecule has 0 fully saturated rings. The van der Waals surface area contributed by atoms with Crippen molar-refractivity contribution in [2.75, 3.05) is 7.11 Å². The molecule has 0 radical (unpaired) electrons. The molecule has 0 saturated carbocycles. The van der Waals surface area contributed by atoms with Crippen LogP contribution in [0.15, 0.2) is 73.2 Å². The quantitative estimate of drug-likeness (QED) is 0.479. The van der Waals surface area contributed by atoms with Crippen molar-refractivity contribution < 1.29 is 4.74 Å². The van der Waals surface area contributed by atoms with Crippen LogP contribution in [0.5, 0.6) is 5.75 Å². The van der Waals surface area contributed by atoms with Gasteiger partial charge in [0.2, 0.25) is 0 Å². The van der Waals surface area contributed by atoms with Gasteiger partial charge in [-0.05, 0) is 49.7 Å². The monoisotopic (exact) mass is 401 g/mol. The highest BCUT2D eigenvalue weighted by Crippen LogP contribution is 2.23. The van der Waals surface area contributed by atoms with Gasteiger partial charge < -0.3 is 10.1 Å². The summed E-state index contributed by atoms with van der Waals surface area (Å²) in [5.74, 6) is 0.877. The minimum Gasteiger partial charge on any atom is -0.496 e. The highest BCUT2D eigenvalue weighted by molar-refractivity contribution is 5.38. The number of aromatic nitrogens is 4. The Hall–Kier alpha value is -3.38. The van der Waals surface area contributed by atoms with Crippen LogP contribution in [0.1, 0.15) is 35.3 Å². The second kappa shape index (κ2) is 8.97. The summed E-state index contributed by atoms with van der Waals surface area (Å²) < 4.78 is 9.42. The zero-order valence-electron chi connectivity index (χ0n) is 17.6. The molecule has 2 aromatic carbocycles. The van der Waals surface area contributed by atoms with Crippen LogP contribution in [0.4, 0.5) is 0 Å². The van der Waals surface area contributed by atoms with Crippen LogP contribution in [0, 0.1) is 6.92 Å². The van der Waals surface area contributed by atoms with Gasteiger partial charge in [0.15, 0.2) is 0 Å². The molecule has 4 rings (SSSR count). The predicted octanol–water partition coefficient (Wildman–Crippen LogP) is 4.28. The summed E-state index contributed by atoms with van der Waals surface area (Å²) in [4.78, 5) is 0. The molecule has 0 aliphatic rings. The van der Waals surface area contributed by atoms with Gasteiger partial charge in [-0.1, -0.05) is 24.3 Å². The first-order valence-corrected chi connectivity index (χ1v) is 10.1. The average Bonchev–Trinajstić information content (AvgIpc) is 3.42. The number of rotatable bonds is 8. The summed E-state index contributed by atoms with van der Waals surface area (Å²) in [6.07, 6.45) is 5.70. The van der Waals surface area contributed by atoms with Crippen LogP contribution in [0.2, 0.25) is 0 Å². The van der Waals surface area contributed by atoms with E-state index in [4.69, 9.17) is 4.74 Å². The van der Waals surface area contributed by atoms with E-state index in [0.717, 1.165) is 29.2 Å². The number of methoxy groups -OCH3 is 1. The second-order valence-corrected chi connectivity index (χ2v) is 7.39. The van der Waals surface area contributed by atoms with Gasteiger partial charge in [0.1, 0.15) is 5.75 Å². The van der Waals surface area contributed by atoms with Crippen LogP contribution < -0.4 is 10.1 Å². The summed E-state index contributed by atoms with van der Waals surface area (Å²) in [5, 5.41) is 12.5. The first-order chi connectivity index (χ1) is 14.7. The van der Waals surface area contributed by atoms with E-state index in [9.17, 15) is 0 Å². The van der Waals surface area contributed by atoms with Gasteiger partial charge in [-0.15, -0.1) is 0 Å². The normalized spacial score (nSPS) is 12.1. The van der Waals surface area contributed by atoms with E-state index in [1.54, 1.807) is 13.3 Å². The van der Waals surface area contributed by atoms with Gasteiger partial charge in [0.05, 0.1) is 25.5 Å². The first-order valence-electron chi connectivity index (χ1n) is 10.1. The SMILES string of the molecule is COc1ccc(CN[C@H](C)c2cnn(-c3ccccc3)c2C)cc1Cn1cccn1. The summed E-state index contributed by atoms with van der Waals surface area (Å²) in [6, 6.07) is 18.6. The number of benzene rings is 2. The van der Waals surface area contributed by atoms with Crippen molar-refractivity contribution >= 4 is 0 Å². The fourth-order valence-electron chi connectivity index (χ4n) is 3.69. The Labute approximate surface area is 177 Å². The molecular formula is C24H27N5O. The molecule has 0 bridgehead atoms. The number of ether oxygens (including phenoxy) is 1. The van der Waals surface area contributed by atoms with E-state index < -0.39 is 0 Å². The molecule has 2 heterocycles. The lowest BCUT2D eigenvalue weighted by Gasteiger charge is -2.16. The number of hydrogen-bond acceptors (Lipinski definition) is 4. The Morgan fingerprint density at radius 3 is 2.63 bits per heavy atom. The molecule has 6 nitrogen and oxygen atoms in total. The predicted molar refractivity (Wildman–Crippen MR) is 118 cm³/mol. The molecule has 30 heavy (non-hydrogen) atoms. The van der Waals surface area contributed by atoms with Crippen molar-refractivity contribution in [3.8, 4) is 11.4 Å². The zero-order chi connectivity index (χ0) is 20.9. The van der Waals surface area contributed by atoms with Crippen LogP contribution in [-0.2, 0) is 13.1 Å². The molecule has 1 atom stereocenters. The number of nitrogens with zero attached hydrogens (tertiary/aromatic N) is 4. The summed E-state index contributed by atoms with van der Waals surface area (Å²) in [5.41, 5.74) is 5.74. The third kappa shape index (κ3) is 4.28. The maximum atomic E-state index is 5.53. The lowest BCUT2D eigenvalue weighted by atomic mass is 10.1. The summed E-state index contributed by atoms with van der Waals surface area (Å²) in [7, 11) is 1.70. The van der Waals surface area contributed by atoms with Crippen molar-refractivity contribution in [2.45, 2.75) is 33.0 Å². The number of hydrogen-bond donors (Lipinski definition) is 1. The van der Waals surface area contributed by atoms with Gasteiger partial charge in [-0.25, -0.2) is 4.68 Å². The molecule has 0 unspecified atom stereocenters. The van der Waals surface area contributed by atoms with Crippen LogP contribution >= 0.6 is 0 Å². The highest BCUT2D eigenvalue weighted by Gasteiger charge is 2.14. The fourth-order valence-corrected chi connectivity index (χ4v) is 3.69. The number of para-hydroxylation sites is 1. The molecule has 0 aliphatic carbocycles. The smallest absolute Gasteiger partial charge is 0.123 e. The topological polar surface area (TPSA) is 56.9 Å². The Morgan fingerprint density at radius 1 is 1.07 bits per heavy atom. The lowest BCUT2D eigenvalue weighted by molar-refractivity contribution is 0.407. The van der Waals surface area contributed by atoms with Crippen LogP contribution in [-0.4, -0.2) is 26.7 Å². The van der Waals surface area contributed by atoms with Gasteiger partial charge >= 0.3 is 0 Å². The molecule has 154 valence electrons. The standard InChI is InChI=1S/C24H27N5O/c1-18(23-16-27-29(19(23)2)22-8-5-4-6-9-22)25-15-20-10-11-24(30-3)21(14-20)17-28-13-7-12-26-28/h4-14,16,18,25H,15,17H2,1-3H3/t18-/m1/s1. The van der Waals surface area contributed by atoms with E-state index >= 15 is 0 Å². The first kappa shape index (κ1) is 19.9. The van der Waals surface area contributed by atoms with Crippen molar-refractivity contribution in [1.29, 1.82) is 0 Å². The van der Waals surface area contributed by atoms with E-state index in [1.165, 1.54) is 11.1 Å². The van der Waals surface area contributed by atoms with Crippen molar-refractivity contribution in [3.05, 3.63) is 95.6 Å². The Morgan fingerprint density at radius 2 is 1.90 bits per heavy atom. The molecular weight excluding hydrogens is 374 g/mol. The minimum atomic E-state index is 0.180. The van der Waals surface area contributed by atoms with Gasteiger partial charge in [0.25, 0.3) is 0 Å². The average molecular weight is 402 g/mol. The summed E-state index contributed by atoms with van der Waals surface area (Å²) >= 11 is 0. The molecule has 0 saturated heterocycles. The van der Waals surface area contributed by atoms with E-state index in [1.807, 2.05) is 52.1 Å². The van der Waals surface area contributed by atoms with Gasteiger partial charge in [-0.3, -0.25) is 4.68 Å². The lowest BCUT2D eigenvalue weighted by Crippen LogP contribution is -2.19. The van der Waals surface area contributed by atoms with Gasteiger partial charge in [-0.2, -0.15) is 10.2 Å². The maximum Gasteiger partial charge on any atom is 0.123 e. The second-order valence-electron chi connectivity index (χ2n) is 7.39. The van der Waals surface area contributed by atoms with Gasteiger partial charge in [0, 0.05) is 41.8 Å². The van der Waals surface area contributed by atoms with Crippen molar-refractivity contribution in [1.82, 2.24) is 24.9 Å². The van der Waals surface area contributed by atoms with Crippen molar-refractivity contribution in [2.24, 2.45) is 0 Å². The van der Waals surface area contributed by atoms with Crippen molar-refractivity contribution in [3.63, 3.8) is 0 Å². The minimum absolute atomic E-state index is 0.180.